The van der Waals surface area contributed by atoms with E-state index in [1.807, 2.05) is 70.1 Å². The minimum absolute atomic E-state index is 0.262. The molecule has 2 atom stereocenters. The molecule has 25 heavy (non-hydrogen) atoms. The molecule has 0 spiro atoms. The number of benzene rings is 1. The third-order valence-electron chi connectivity index (χ3n) is 3.24. The van der Waals surface area contributed by atoms with Crippen molar-refractivity contribution in [1.82, 2.24) is 14.9 Å². The van der Waals surface area contributed by atoms with Gasteiger partial charge in [0.25, 0.3) is 0 Å². The first-order valence-electron chi connectivity index (χ1n) is 8.19. The van der Waals surface area contributed by atoms with E-state index in [0.29, 0.717) is 12.4 Å². The van der Waals surface area contributed by atoms with Gasteiger partial charge in [0.2, 0.25) is 10.0 Å². The lowest BCUT2D eigenvalue weighted by Crippen LogP contribution is -2.49. The van der Waals surface area contributed by atoms with E-state index in [1.54, 1.807) is 0 Å². The lowest BCUT2D eigenvalue weighted by molar-refractivity contribution is 0.0360. The maximum Gasteiger partial charge on any atom is 0.209 e. The fourth-order valence-corrected chi connectivity index (χ4v) is 3.27. The van der Waals surface area contributed by atoms with E-state index >= 15 is 0 Å². The zero-order valence-corrected chi connectivity index (χ0v) is 16.9. The first-order chi connectivity index (χ1) is 11.4. The van der Waals surface area contributed by atoms with Crippen molar-refractivity contribution in [1.29, 1.82) is 0 Å². The monoisotopic (exact) mass is 369 g/mol. The van der Waals surface area contributed by atoms with Crippen LogP contribution in [-0.4, -0.2) is 51.9 Å². The van der Waals surface area contributed by atoms with Crippen LogP contribution in [0.15, 0.2) is 42.8 Å². The van der Waals surface area contributed by atoms with Crippen LogP contribution in [-0.2, 0) is 14.8 Å². The Morgan fingerprint density at radius 1 is 1.24 bits per heavy atom. The average Bonchev–Trinajstić information content (AvgIpc) is 2.41. The molecule has 0 aromatic heterocycles. The standard InChI is InChI=1S/C18H31N3O3S/c1-14(24-18(2,3)4)19-16(13-21(5)6)17(20-25(7,22)23)15-11-9-8-10-12-15/h8-12,16-17,19-20H,1,13H2,2-7H3/t16-,17+/m1/s1. The van der Waals surface area contributed by atoms with Crippen molar-refractivity contribution in [2.45, 2.75) is 38.5 Å². The fourth-order valence-electron chi connectivity index (χ4n) is 2.51. The second-order valence-corrected chi connectivity index (χ2v) is 9.21. The van der Waals surface area contributed by atoms with Crippen molar-refractivity contribution in [3.63, 3.8) is 0 Å². The molecule has 1 rings (SSSR count). The van der Waals surface area contributed by atoms with E-state index in [9.17, 15) is 8.42 Å². The molecule has 0 aliphatic rings. The minimum atomic E-state index is -3.40. The van der Waals surface area contributed by atoms with Gasteiger partial charge >= 0.3 is 0 Å². The van der Waals surface area contributed by atoms with Crippen molar-refractivity contribution >= 4 is 10.0 Å². The van der Waals surface area contributed by atoms with E-state index in [-0.39, 0.29) is 11.6 Å². The fraction of sp³-hybridized carbons (Fsp3) is 0.556. The number of nitrogens with one attached hydrogen (secondary N) is 2. The Kier molecular flexibility index (Phi) is 7.46. The van der Waals surface area contributed by atoms with Crippen molar-refractivity contribution in [2.24, 2.45) is 0 Å². The maximum absolute atomic E-state index is 11.9. The molecule has 1 aromatic rings. The van der Waals surface area contributed by atoms with Crippen molar-refractivity contribution < 1.29 is 13.2 Å². The van der Waals surface area contributed by atoms with Crippen LogP contribution in [0, 0.1) is 0 Å². The van der Waals surface area contributed by atoms with Gasteiger partial charge in [-0.2, -0.15) is 0 Å². The molecule has 0 saturated heterocycles. The Labute approximate surface area is 152 Å². The van der Waals surface area contributed by atoms with Crippen molar-refractivity contribution in [2.75, 3.05) is 26.9 Å². The van der Waals surface area contributed by atoms with Crippen LogP contribution in [0.1, 0.15) is 32.4 Å². The van der Waals surface area contributed by atoms with Crippen molar-refractivity contribution in [3.05, 3.63) is 48.4 Å². The van der Waals surface area contributed by atoms with Crippen LogP contribution in [0.3, 0.4) is 0 Å². The Balaban J connectivity index is 3.13. The van der Waals surface area contributed by atoms with Crippen LogP contribution in [0.4, 0.5) is 0 Å². The summed E-state index contributed by atoms with van der Waals surface area (Å²) in [6.07, 6.45) is 1.16. The maximum atomic E-state index is 11.9. The SMILES string of the molecule is C=C(N[C@H](CN(C)C)[C@@H](NS(C)(=O)=O)c1ccccc1)OC(C)(C)C. The van der Waals surface area contributed by atoms with E-state index in [2.05, 4.69) is 16.6 Å². The third kappa shape index (κ3) is 8.90. The first-order valence-corrected chi connectivity index (χ1v) is 10.1. The van der Waals surface area contributed by atoms with Gasteiger partial charge in [-0.1, -0.05) is 30.3 Å². The van der Waals surface area contributed by atoms with Gasteiger partial charge in [0.15, 0.2) is 5.88 Å². The summed E-state index contributed by atoms with van der Waals surface area (Å²) in [7, 11) is 0.468. The highest BCUT2D eigenvalue weighted by atomic mass is 32.2. The molecular weight excluding hydrogens is 338 g/mol. The number of nitrogens with zero attached hydrogens (tertiary/aromatic N) is 1. The van der Waals surface area contributed by atoms with Gasteiger partial charge in [-0.25, -0.2) is 13.1 Å². The van der Waals surface area contributed by atoms with Crippen LogP contribution in [0.2, 0.25) is 0 Å². The molecule has 142 valence electrons. The second-order valence-electron chi connectivity index (χ2n) is 7.43. The Hall–Kier alpha value is -1.57. The van der Waals surface area contributed by atoms with Gasteiger partial charge in [-0.15, -0.1) is 0 Å². The second kappa shape index (κ2) is 8.69. The molecule has 0 aliphatic heterocycles. The molecule has 0 unspecified atom stereocenters. The average molecular weight is 370 g/mol. The quantitative estimate of drug-likeness (QED) is 0.652. The number of rotatable bonds is 9. The molecule has 0 aliphatic carbocycles. The number of hydrogen-bond donors (Lipinski definition) is 2. The summed E-state index contributed by atoms with van der Waals surface area (Å²) in [5.41, 5.74) is 0.482. The highest BCUT2D eigenvalue weighted by Gasteiger charge is 2.28. The lowest BCUT2D eigenvalue weighted by atomic mass is 10.00. The van der Waals surface area contributed by atoms with Gasteiger partial charge < -0.3 is 15.0 Å². The van der Waals surface area contributed by atoms with Gasteiger partial charge in [0, 0.05) is 6.54 Å². The highest BCUT2D eigenvalue weighted by Crippen LogP contribution is 2.20. The summed E-state index contributed by atoms with van der Waals surface area (Å²) >= 11 is 0. The van der Waals surface area contributed by atoms with Gasteiger partial charge in [0.05, 0.1) is 18.3 Å². The summed E-state index contributed by atoms with van der Waals surface area (Å²) in [5, 5.41) is 3.24. The Bertz CT molecular complexity index is 652. The van der Waals surface area contributed by atoms with Crippen LogP contribution < -0.4 is 10.0 Å². The number of hydrogen-bond acceptors (Lipinski definition) is 5. The zero-order valence-electron chi connectivity index (χ0n) is 16.0. The smallest absolute Gasteiger partial charge is 0.209 e. The number of sulfonamides is 1. The van der Waals surface area contributed by atoms with Gasteiger partial charge in [0.1, 0.15) is 5.60 Å². The van der Waals surface area contributed by atoms with E-state index in [0.717, 1.165) is 11.8 Å². The van der Waals surface area contributed by atoms with E-state index in [1.165, 1.54) is 0 Å². The van der Waals surface area contributed by atoms with Crippen LogP contribution in [0.25, 0.3) is 0 Å². The summed E-state index contributed by atoms with van der Waals surface area (Å²) in [4.78, 5) is 1.99. The molecule has 2 N–H and O–H groups in total. The molecular formula is C18H31N3O3S. The molecule has 0 saturated carbocycles. The van der Waals surface area contributed by atoms with Crippen LogP contribution in [0.5, 0.6) is 0 Å². The Morgan fingerprint density at radius 2 is 1.80 bits per heavy atom. The zero-order chi connectivity index (χ0) is 19.3. The molecule has 0 heterocycles. The normalized spacial score (nSPS) is 14.8. The Morgan fingerprint density at radius 3 is 2.24 bits per heavy atom. The third-order valence-corrected chi connectivity index (χ3v) is 3.92. The topological polar surface area (TPSA) is 70.7 Å². The first kappa shape index (κ1) is 21.5. The largest absolute Gasteiger partial charge is 0.474 e. The highest BCUT2D eigenvalue weighted by molar-refractivity contribution is 7.88. The van der Waals surface area contributed by atoms with Gasteiger partial charge in [-0.3, -0.25) is 0 Å². The van der Waals surface area contributed by atoms with E-state index < -0.39 is 16.1 Å². The minimum Gasteiger partial charge on any atom is -0.474 e. The predicted octanol–water partition coefficient (Wildman–Crippen LogP) is 2.08. The molecule has 0 fully saturated rings. The molecule has 1 aromatic carbocycles. The summed E-state index contributed by atoms with van der Waals surface area (Å²) in [6, 6.07) is 8.76. The predicted molar refractivity (Wildman–Crippen MR) is 103 cm³/mol. The van der Waals surface area contributed by atoms with Crippen LogP contribution >= 0.6 is 0 Å². The molecule has 0 radical (unpaired) electrons. The number of likely N-dealkylation sites (N-methyl/N-ethyl adjacent to an activating group) is 1. The molecule has 7 heteroatoms. The van der Waals surface area contributed by atoms with Gasteiger partial charge in [-0.05, 0) is 47.0 Å². The summed E-state index contributed by atoms with van der Waals surface area (Å²) in [6.45, 7) is 10.3. The van der Waals surface area contributed by atoms with Crippen molar-refractivity contribution in [3.8, 4) is 0 Å². The number of ether oxygens (including phenoxy) is 1. The molecule has 0 bridgehead atoms. The molecule has 6 nitrogen and oxygen atoms in total. The lowest BCUT2D eigenvalue weighted by Gasteiger charge is -2.33. The molecule has 0 amide bonds. The summed E-state index contributed by atoms with van der Waals surface area (Å²) in [5.74, 6) is 0.413. The van der Waals surface area contributed by atoms with E-state index in [4.69, 9.17) is 4.74 Å². The summed E-state index contributed by atoms with van der Waals surface area (Å²) < 4.78 is 32.3.